The van der Waals surface area contributed by atoms with E-state index in [2.05, 4.69) is 5.32 Å². The van der Waals surface area contributed by atoms with Crippen LogP contribution in [0.25, 0.3) is 0 Å². The number of sulfone groups is 1. The molecule has 7 heteroatoms. The van der Waals surface area contributed by atoms with Crippen molar-refractivity contribution in [3.63, 3.8) is 0 Å². The van der Waals surface area contributed by atoms with Gasteiger partial charge in [0.15, 0.2) is 15.9 Å². The topological polar surface area (TPSA) is 75.7 Å². The summed E-state index contributed by atoms with van der Waals surface area (Å²) in [6, 6.07) is 13.4. The molecular formula is C18H22N2O4S. The largest absolute Gasteiger partial charge is 0.481 e. The monoisotopic (exact) mass is 362 g/mol. The normalized spacial score (nSPS) is 12.3. The number of hydrogen-bond donors (Lipinski definition) is 1. The molecule has 0 aliphatic carbocycles. The van der Waals surface area contributed by atoms with Crippen LogP contribution in [-0.2, 0) is 14.6 Å². The van der Waals surface area contributed by atoms with Gasteiger partial charge in [-0.3, -0.25) is 4.79 Å². The highest BCUT2D eigenvalue weighted by molar-refractivity contribution is 7.90. The fourth-order valence-electron chi connectivity index (χ4n) is 2.11. The predicted molar refractivity (Wildman–Crippen MR) is 99.0 cm³/mol. The van der Waals surface area contributed by atoms with Crippen molar-refractivity contribution in [2.24, 2.45) is 0 Å². The van der Waals surface area contributed by atoms with Crippen molar-refractivity contribution in [1.82, 2.24) is 0 Å². The summed E-state index contributed by atoms with van der Waals surface area (Å²) in [7, 11) is 0.633. The van der Waals surface area contributed by atoms with Gasteiger partial charge in [-0.1, -0.05) is 0 Å². The zero-order valence-electron chi connectivity index (χ0n) is 14.7. The number of rotatable bonds is 6. The quantitative estimate of drug-likeness (QED) is 0.855. The standard InChI is InChI=1S/C18H22N2O4S/c1-13(24-16-9-11-17(12-10-16)25(4,22)23)18(21)19-14-5-7-15(8-6-14)20(2)3/h5-13H,1-4H3,(H,19,21). The molecule has 0 radical (unpaired) electrons. The van der Waals surface area contributed by atoms with Crippen molar-refractivity contribution < 1.29 is 17.9 Å². The molecule has 1 unspecified atom stereocenters. The molecule has 0 aliphatic heterocycles. The Morgan fingerprint density at radius 3 is 2.08 bits per heavy atom. The second-order valence-electron chi connectivity index (χ2n) is 5.93. The van der Waals surface area contributed by atoms with Gasteiger partial charge in [-0.2, -0.15) is 0 Å². The third-order valence-electron chi connectivity index (χ3n) is 3.59. The fraction of sp³-hybridized carbons (Fsp3) is 0.278. The molecular weight excluding hydrogens is 340 g/mol. The van der Waals surface area contributed by atoms with Gasteiger partial charge in [-0.15, -0.1) is 0 Å². The number of anilines is 2. The molecule has 0 aliphatic rings. The molecule has 1 amide bonds. The minimum atomic E-state index is -3.25. The van der Waals surface area contributed by atoms with Crippen molar-refractivity contribution in [1.29, 1.82) is 0 Å². The number of benzene rings is 2. The molecule has 2 rings (SSSR count). The summed E-state index contributed by atoms with van der Waals surface area (Å²) >= 11 is 0. The van der Waals surface area contributed by atoms with Crippen LogP contribution in [0.15, 0.2) is 53.4 Å². The van der Waals surface area contributed by atoms with Crippen LogP contribution in [0.4, 0.5) is 11.4 Å². The van der Waals surface area contributed by atoms with Gasteiger partial charge in [0.2, 0.25) is 0 Å². The molecule has 0 spiro atoms. The summed E-state index contributed by atoms with van der Waals surface area (Å²) in [6.07, 6.45) is 0.415. The van der Waals surface area contributed by atoms with E-state index in [1.807, 2.05) is 43.3 Å². The first-order chi connectivity index (χ1) is 11.7. The molecule has 0 saturated carbocycles. The maximum atomic E-state index is 12.2. The van der Waals surface area contributed by atoms with Crippen molar-refractivity contribution in [3.05, 3.63) is 48.5 Å². The Morgan fingerprint density at radius 2 is 1.60 bits per heavy atom. The second kappa shape index (κ2) is 7.57. The minimum absolute atomic E-state index is 0.206. The number of nitrogens with zero attached hydrogens (tertiary/aromatic N) is 1. The SMILES string of the molecule is CC(Oc1ccc(S(C)(=O)=O)cc1)C(=O)Nc1ccc(N(C)C)cc1. The summed E-state index contributed by atoms with van der Waals surface area (Å²) in [5.74, 6) is 0.141. The molecule has 1 N–H and O–H groups in total. The Hall–Kier alpha value is -2.54. The van der Waals surface area contributed by atoms with E-state index in [9.17, 15) is 13.2 Å². The molecule has 0 heterocycles. The lowest BCUT2D eigenvalue weighted by Crippen LogP contribution is -2.30. The molecule has 2 aromatic carbocycles. The number of carbonyl (C=O) groups excluding carboxylic acids is 1. The van der Waals surface area contributed by atoms with E-state index in [-0.39, 0.29) is 10.8 Å². The third-order valence-corrected chi connectivity index (χ3v) is 4.71. The Bertz CT molecular complexity index is 828. The van der Waals surface area contributed by atoms with Gasteiger partial charge < -0.3 is 15.0 Å². The second-order valence-corrected chi connectivity index (χ2v) is 7.95. The number of carbonyl (C=O) groups is 1. The van der Waals surface area contributed by atoms with Gasteiger partial charge in [0, 0.05) is 31.7 Å². The van der Waals surface area contributed by atoms with E-state index in [1.54, 1.807) is 6.92 Å². The smallest absolute Gasteiger partial charge is 0.265 e. The zero-order chi connectivity index (χ0) is 18.6. The van der Waals surface area contributed by atoms with E-state index >= 15 is 0 Å². The Kier molecular flexibility index (Phi) is 5.69. The average Bonchev–Trinajstić information content (AvgIpc) is 2.55. The van der Waals surface area contributed by atoms with Crippen LogP contribution < -0.4 is 15.0 Å². The first-order valence-corrected chi connectivity index (χ1v) is 9.61. The lowest BCUT2D eigenvalue weighted by molar-refractivity contribution is -0.122. The van der Waals surface area contributed by atoms with Gasteiger partial charge in [0.25, 0.3) is 5.91 Å². The maximum Gasteiger partial charge on any atom is 0.265 e. The molecule has 1 atom stereocenters. The maximum absolute atomic E-state index is 12.2. The zero-order valence-corrected chi connectivity index (χ0v) is 15.5. The molecule has 25 heavy (non-hydrogen) atoms. The van der Waals surface area contributed by atoms with Gasteiger partial charge in [-0.05, 0) is 55.5 Å². The van der Waals surface area contributed by atoms with Gasteiger partial charge in [-0.25, -0.2) is 8.42 Å². The minimum Gasteiger partial charge on any atom is -0.481 e. The molecule has 0 bridgehead atoms. The Labute approximate surface area is 148 Å². The van der Waals surface area contributed by atoms with Crippen LogP contribution in [0.1, 0.15) is 6.92 Å². The van der Waals surface area contributed by atoms with Crippen molar-refractivity contribution in [2.75, 3.05) is 30.6 Å². The Morgan fingerprint density at radius 1 is 1.04 bits per heavy atom. The first kappa shape index (κ1) is 18.8. The van der Waals surface area contributed by atoms with Crippen LogP contribution in [0, 0.1) is 0 Å². The van der Waals surface area contributed by atoms with Gasteiger partial charge in [0.1, 0.15) is 5.75 Å². The van der Waals surface area contributed by atoms with Crippen LogP contribution >= 0.6 is 0 Å². The van der Waals surface area contributed by atoms with E-state index in [1.165, 1.54) is 24.3 Å². The molecule has 6 nitrogen and oxygen atoms in total. The summed E-state index contributed by atoms with van der Waals surface area (Å²) < 4.78 is 28.4. The Balaban J connectivity index is 1.98. The molecule has 0 saturated heterocycles. The molecule has 0 aromatic heterocycles. The summed E-state index contributed by atoms with van der Waals surface area (Å²) in [5.41, 5.74) is 1.71. The van der Waals surface area contributed by atoms with Crippen LogP contribution in [0.5, 0.6) is 5.75 Å². The van der Waals surface area contributed by atoms with Gasteiger partial charge in [0.05, 0.1) is 4.90 Å². The number of amides is 1. The fourth-order valence-corrected chi connectivity index (χ4v) is 2.74. The predicted octanol–water partition coefficient (Wildman–Crippen LogP) is 2.56. The van der Waals surface area contributed by atoms with E-state index < -0.39 is 15.9 Å². The van der Waals surface area contributed by atoms with Crippen LogP contribution in [0.2, 0.25) is 0 Å². The highest BCUT2D eigenvalue weighted by Gasteiger charge is 2.15. The van der Waals surface area contributed by atoms with Gasteiger partial charge >= 0.3 is 0 Å². The third kappa shape index (κ3) is 5.22. The molecule has 134 valence electrons. The van der Waals surface area contributed by atoms with E-state index in [0.29, 0.717) is 11.4 Å². The number of ether oxygens (including phenoxy) is 1. The molecule has 0 fully saturated rings. The lowest BCUT2D eigenvalue weighted by Gasteiger charge is -2.16. The van der Waals surface area contributed by atoms with Crippen molar-refractivity contribution in [2.45, 2.75) is 17.9 Å². The summed E-state index contributed by atoms with van der Waals surface area (Å²) in [5, 5.41) is 2.79. The van der Waals surface area contributed by atoms with E-state index in [0.717, 1.165) is 11.9 Å². The number of hydrogen-bond acceptors (Lipinski definition) is 5. The summed E-state index contributed by atoms with van der Waals surface area (Å²) in [4.78, 5) is 14.4. The lowest BCUT2D eigenvalue weighted by atomic mass is 10.2. The van der Waals surface area contributed by atoms with E-state index in [4.69, 9.17) is 4.74 Å². The number of nitrogens with one attached hydrogen (secondary N) is 1. The highest BCUT2D eigenvalue weighted by atomic mass is 32.2. The first-order valence-electron chi connectivity index (χ1n) is 7.72. The van der Waals surface area contributed by atoms with Crippen molar-refractivity contribution in [3.8, 4) is 5.75 Å². The summed E-state index contributed by atoms with van der Waals surface area (Å²) in [6.45, 7) is 1.63. The van der Waals surface area contributed by atoms with Crippen molar-refractivity contribution >= 4 is 27.1 Å². The van der Waals surface area contributed by atoms with Crippen LogP contribution in [0.3, 0.4) is 0 Å². The van der Waals surface area contributed by atoms with Crippen LogP contribution in [-0.4, -0.2) is 40.8 Å². The average molecular weight is 362 g/mol. The highest BCUT2D eigenvalue weighted by Crippen LogP contribution is 2.19. The molecule has 2 aromatic rings.